The lowest BCUT2D eigenvalue weighted by Crippen LogP contribution is -2.38. The molecule has 0 aliphatic heterocycles. The van der Waals surface area contributed by atoms with Crippen molar-refractivity contribution in [2.24, 2.45) is 7.05 Å². The molecule has 2 aromatic heterocycles. The third-order valence-electron chi connectivity index (χ3n) is 5.95. The van der Waals surface area contributed by atoms with Crippen LogP contribution in [-0.2, 0) is 23.1 Å². The molecular formula is C20H24F4N6O4. The normalized spacial score (nSPS) is 23.5. The average molecular weight is 488 g/mol. The largest absolute Gasteiger partial charge is 0.522 e. The van der Waals surface area contributed by atoms with E-state index < -0.39 is 43.2 Å². The first kappa shape index (κ1) is 24.0. The van der Waals surface area contributed by atoms with E-state index in [0.717, 1.165) is 23.6 Å². The zero-order valence-electron chi connectivity index (χ0n) is 18.4. The van der Waals surface area contributed by atoms with E-state index in [-0.39, 0.29) is 22.7 Å². The molecule has 2 amide bonds. The highest BCUT2D eigenvalue weighted by Gasteiger charge is 2.43. The van der Waals surface area contributed by atoms with Crippen LogP contribution >= 0.6 is 0 Å². The van der Waals surface area contributed by atoms with Crippen LogP contribution in [0.25, 0.3) is 0 Å². The first-order valence-corrected chi connectivity index (χ1v) is 10.7. The molecule has 0 radical (unpaired) electrons. The van der Waals surface area contributed by atoms with Crippen LogP contribution in [0.3, 0.4) is 0 Å². The van der Waals surface area contributed by atoms with Crippen molar-refractivity contribution in [2.45, 2.75) is 69.3 Å². The second kappa shape index (κ2) is 8.89. The second-order valence-electron chi connectivity index (χ2n) is 8.80. The number of ether oxygens (including phenoxy) is 2. The van der Waals surface area contributed by atoms with Gasteiger partial charge in [0, 0.05) is 30.3 Å². The zero-order valence-corrected chi connectivity index (χ0v) is 18.4. The highest BCUT2D eigenvalue weighted by atomic mass is 19.4. The van der Waals surface area contributed by atoms with Gasteiger partial charge in [-0.25, -0.2) is 9.18 Å². The van der Waals surface area contributed by atoms with Gasteiger partial charge in [-0.3, -0.25) is 19.3 Å². The first-order valence-electron chi connectivity index (χ1n) is 10.7. The lowest BCUT2D eigenvalue weighted by atomic mass is 10.0. The smallest absolute Gasteiger partial charge is 0.443 e. The first-order chi connectivity index (χ1) is 15.9. The van der Waals surface area contributed by atoms with Crippen LogP contribution < -0.4 is 10.6 Å². The van der Waals surface area contributed by atoms with Crippen molar-refractivity contribution < 1.29 is 36.6 Å². The molecule has 0 bridgehead atoms. The van der Waals surface area contributed by atoms with Crippen LogP contribution in [0.1, 0.15) is 60.4 Å². The third kappa shape index (κ3) is 5.66. The minimum absolute atomic E-state index is 0.0154. The Kier molecular flexibility index (Phi) is 6.27. The molecule has 10 nitrogen and oxygen atoms in total. The summed E-state index contributed by atoms with van der Waals surface area (Å²) in [5.74, 6) is -1.17. The van der Waals surface area contributed by atoms with E-state index in [9.17, 15) is 27.2 Å². The molecule has 2 saturated carbocycles. The van der Waals surface area contributed by atoms with E-state index in [0.29, 0.717) is 18.5 Å². The number of halogens is 4. The molecular weight excluding hydrogens is 464 g/mol. The van der Waals surface area contributed by atoms with Gasteiger partial charge in [-0.1, -0.05) is 0 Å². The molecule has 186 valence electrons. The van der Waals surface area contributed by atoms with Gasteiger partial charge in [0.25, 0.3) is 5.91 Å². The summed E-state index contributed by atoms with van der Waals surface area (Å²) in [6, 6.07) is 2.63. The Balaban J connectivity index is 1.33. The summed E-state index contributed by atoms with van der Waals surface area (Å²) in [6.07, 6.45) is -5.32. The van der Waals surface area contributed by atoms with Gasteiger partial charge in [-0.05, 0) is 38.7 Å². The molecule has 0 saturated heterocycles. The molecule has 0 spiro atoms. The monoisotopic (exact) mass is 488 g/mol. The molecule has 2 heterocycles. The number of hydrogen-bond donors (Lipinski definition) is 3. The van der Waals surface area contributed by atoms with Gasteiger partial charge in [0.1, 0.15) is 24.6 Å². The Labute approximate surface area is 191 Å². The van der Waals surface area contributed by atoms with E-state index >= 15 is 0 Å². The van der Waals surface area contributed by atoms with E-state index in [4.69, 9.17) is 4.74 Å². The molecule has 34 heavy (non-hydrogen) atoms. The Morgan fingerprint density at radius 1 is 1.29 bits per heavy atom. The molecule has 2 aromatic rings. The Hall–Kier alpha value is -3.16. The number of nitrogens with zero attached hydrogens (tertiary/aromatic N) is 3. The molecule has 4 rings (SSSR count). The molecule has 3 atom stereocenters. The van der Waals surface area contributed by atoms with Gasteiger partial charge in [-0.15, -0.1) is 13.2 Å². The topological polar surface area (TPSA) is 123 Å². The molecule has 0 unspecified atom stereocenters. The number of aromatic amines is 1. The van der Waals surface area contributed by atoms with E-state index in [1.807, 2.05) is 6.92 Å². The van der Waals surface area contributed by atoms with Gasteiger partial charge in [0.15, 0.2) is 5.82 Å². The summed E-state index contributed by atoms with van der Waals surface area (Å²) in [7, 11) is 1.40. The fourth-order valence-corrected chi connectivity index (χ4v) is 3.83. The fraction of sp³-hybridized carbons (Fsp3) is 0.600. The summed E-state index contributed by atoms with van der Waals surface area (Å²) in [6.45, 7) is 1.05. The number of alkyl carbamates (subject to hydrolysis) is 1. The van der Waals surface area contributed by atoms with Crippen LogP contribution in [-0.4, -0.2) is 56.2 Å². The molecule has 0 aromatic carbocycles. The van der Waals surface area contributed by atoms with Crippen molar-refractivity contribution in [1.82, 2.24) is 25.3 Å². The van der Waals surface area contributed by atoms with Crippen LogP contribution in [0.2, 0.25) is 0 Å². The number of aryl methyl sites for hydroxylation is 1. The zero-order chi connectivity index (χ0) is 24.7. The number of amides is 2. The number of alkyl halides is 4. The van der Waals surface area contributed by atoms with Gasteiger partial charge >= 0.3 is 12.5 Å². The lowest BCUT2D eigenvalue weighted by Gasteiger charge is -2.19. The average Bonchev–Trinajstić information content (AvgIpc) is 3.08. The van der Waals surface area contributed by atoms with Crippen molar-refractivity contribution in [2.75, 3.05) is 5.32 Å². The van der Waals surface area contributed by atoms with Crippen LogP contribution in [0.15, 0.2) is 12.1 Å². The van der Waals surface area contributed by atoms with Gasteiger partial charge in [0.2, 0.25) is 0 Å². The molecule has 3 N–H and O–H groups in total. The Morgan fingerprint density at radius 3 is 2.71 bits per heavy atom. The summed E-state index contributed by atoms with van der Waals surface area (Å²) in [5.41, 5.74) is 0.0629. The predicted molar refractivity (Wildman–Crippen MR) is 109 cm³/mol. The minimum Gasteiger partial charge on any atom is -0.443 e. The fourth-order valence-electron chi connectivity index (χ4n) is 3.83. The second-order valence-corrected chi connectivity index (χ2v) is 8.80. The summed E-state index contributed by atoms with van der Waals surface area (Å²) >= 11 is 0. The van der Waals surface area contributed by atoms with Gasteiger partial charge in [0.05, 0.1) is 5.69 Å². The minimum atomic E-state index is -4.82. The summed E-state index contributed by atoms with van der Waals surface area (Å²) in [5, 5.41) is 15.7. The van der Waals surface area contributed by atoms with E-state index in [1.54, 1.807) is 0 Å². The van der Waals surface area contributed by atoms with Crippen molar-refractivity contribution >= 4 is 17.8 Å². The number of H-pyrrole nitrogens is 1. The number of carbonyl (C=O) groups excluding carboxylic acids is 2. The number of anilines is 1. The maximum Gasteiger partial charge on any atom is 0.522 e. The highest BCUT2D eigenvalue weighted by Crippen LogP contribution is 2.39. The summed E-state index contributed by atoms with van der Waals surface area (Å²) < 4.78 is 61.7. The number of rotatable bonds is 7. The van der Waals surface area contributed by atoms with Crippen molar-refractivity contribution in [1.29, 1.82) is 0 Å². The Morgan fingerprint density at radius 2 is 2.03 bits per heavy atom. The van der Waals surface area contributed by atoms with E-state index in [1.165, 1.54) is 13.1 Å². The number of aromatic nitrogens is 4. The Bertz CT molecular complexity index is 1060. The third-order valence-corrected chi connectivity index (χ3v) is 5.95. The van der Waals surface area contributed by atoms with E-state index in [2.05, 4.69) is 30.7 Å². The van der Waals surface area contributed by atoms with Gasteiger partial charge in [-0.2, -0.15) is 10.2 Å². The molecule has 2 aliphatic carbocycles. The van der Waals surface area contributed by atoms with Crippen molar-refractivity contribution in [3.05, 3.63) is 29.2 Å². The SMILES string of the molecule is Cn1nc(COC(F)(F)F)cc1C(=O)Nc1cc([C@@H]2CC[C@H](OC(=O)NC3(C)CC3)[C@@H]2F)[nH]n1. The van der Waals surface area contributed by atoms with Crippen LogP contribution in [0.4, 0.5) is 28.2 Å². The number of carbonyl (C=O) groups is 2. The lowest BCUT2D eigenvalue weighted by molar-refractivity contribution is -0.330. The van der Waals surface area contributed by atoms with Crippen molar-refractivity contribution in [3.8, 4) is 0 Å². The quantitative estimate of drug-likeness (QED) is 0.514. The van der Waals surface area contributed by atoms with Crippen molar-refractivity contribution in [3.63, 3.8) is 0 Å². The number of hydrogen-bond acceptors (Lipinski definition) is 6. The highest BCUT2D eigenvalue weighted by molar-refractivity contribution is 6.02. The standard InChI is InChI=1S/C20H24F4N6O4/c1-19(5-6-19)26-18(32)34-14-4-3-11(16(14)21)12-8-15(28-27-12)25-17(31)13-7-10(29-30(13)2)9-33-20(22,23)24/h7-8,11,14,16H,3-6,9H2,1-2H3,(H,26,32)(H2,25,27,28,31)/t11-,14-,16+/m0/s1. The molecule has 2 fully saturated rings. The molecule has 14 heteroatoms. The van der Waals surface area contributed by atoms with Crippen LogP contribution in [0.5, 0.6) is 0 Å². The molecule has 2 aliphatic rings. The summed E-state index contributed by atoms with van der Waals surface area (Å²) in [4.78, 5) is 24.5. The maximum atomic E-state index is 15.0. The van der Waals surface area contributed by atoms with Gasteiger partial charge < -0.3 is 15.4 Å². The maximum absolute atomic E-state index is 15.0. The number of nitrogens with one attached hydrogen (secondary N) is 3. The van der Waals surface area contributed by atoms with Crippen LogP contribution in [0, 0.1) is 0 Å². The predicted octanol–water partition coefficient (Wildman–Crippen LogP) is 3.29.